The minimum atomic E-state index is 1.18. The number of nitrogens with zero attached hydrogens (tertiary/aromatic N) is 1. The molecular formula is C44H27N. The molecule has 0 atom stereocenters. The molecule has 0 aliphatic rings. The Morgan fingerprint density at radius 3 is 1.76 bits per heavy atom. The summed E-state index contributed by atoms with van der Waals surface area (Å²) in [6, 6.07) is 60.2. The van der Waals surface area contributed by atoms with Crippen molar-refractivity contribution in [2.24, 2.45) is 0 Å². The Bertz CT molecular complexity index is 2800. The van der Waals surface area contributed by atoms with Crippen LogP contribution in [0.15, 0.2) is 164 Å². The fourth-order valence-electron chi connectivity index (χ4n) is 7.78. The molecule has 0 spiro atoms. The Labute approximate surface area is 260 Å². The van der Waals surface area contributed by atoms with Gasteiger partial charge in [-0.15, -0.1) is 0 Å². The molecule has 1 aromatic heterocycles. The maximum atomic E-state index is 2.51. The minimum absolute atomic E-state index is 1.18. The van der Waals surface area contributed by atoms with Gasteiger partial charge in [0, 0.05) is 27.2 Å². The Hall–Kier alpha value is -5.92. The SMILES string of the molecule is c1ccc(-c2cc3c4ccccc4c4c(c5ccccc5n4-c4ccc5ccc6ccccc6c5c4)c3c3ccccc23)cc1. The summed E-state index contributed by atoms with van der Waals surface area (Å²) in [5.41, 5.74) is 6.18. The van der Waals surface area contributed by atoms with Gasteiger partial charge in [0.1, 0.15) is 0 Å². The zero-order valence-electron chi connectivity index (χ0n) is 24.5. The first-order valence-electron chi connectivity index (χ1n) is 15.6. The monoisotopic (exact) mass is 569 g/mol. The lowest BCUT2D eigenvalue weighted by atomic mass is 9.88. The zero-order chi connectivity index (χ0) is 29.5. The first-order valence-corrected chi connectivity index (χ1v) is 15.6. The van der Waals surface area contributed by atoms with Crippen LogP contribution in [-0.2, 0) is 0 Å². The molecule has 45 heavy (non-hydrogen) atoms. The number of para-hydroxylation sites is 1. The summed E-state index contributed by atoms with van der Waals surface area (Å²) in [4.78, 5) is 0. The lowest BCUT2D eigenvalue weighted by Gasteiger charge is -2.16. The van der Waals surface area contributed by atoms with Gasteiger partial charge in [0.25, 0.3) is 0 Å². The molecule has 9 aromatic carbocycles. The maximum absolute atomic E-state index is 2.51. The minimum Gasteiger partial charge on any atom is -0.309 e. The van der Waals surface area contributed by atoms with Crippen LogP contribution in [0.2, 0.25) is 0 Å². The van der Waals surface area contributed by atoms with Crippen LogP contribution in [0.5, 0.6) is 0 Å². The van der Waals surface area contributed by atoms with Gasteiger partial charge < -0.3 is 4.57 Å². The van der Waals surface area contributed by atoms with Crippen molar-refractivity contribution in [1.82, 2.24) is 4.57 Å². The van der Waals surface area contributed by atoms with Crippen LogP contribution in [0, 0.1) is 0 Å². The fourth-order valence-corrected chi connectivity index (χ4v) is 7.78. The molecule has 0 unspecified atom stereocenters. The second-order valence-corrected chi connectivity index (χ2v) is 12.1. The van der Waals surface area contributed by atoms with E-state index in [9.17, 15) is 0 Å². The third-order valence-corrected chi connectivity index (χ3v) is 9.71. The van der Waals surface area contributed by atoms with Crippen LogP contribution < -0.4 is 0 Å². The summed E-state index contributed by atoms with van der Waals surface area (Å²) in [7, 11) is 0. The normalized spacial score (nSPS) is 12.0. The Balaban J connectivity index is 1.44. The van der Waals surface area contributed by atoms with Gasteiger partial charge in [-0.1, -0.05) is 140 Å². The molecule has 10 rings (SSSR count). The second kappa shape index (κ2) is 9.29. The third kappa shape index (κ3) is 3.44. The van der Waals surface area contributed by atoms with E-state index in [1.54, 1.807) is 0 Å². The molecule has 208 valence electrons. The molecule has 0 amide bonds. The Kier molecular flexibility index (Phi) is 5.06. The van der Waals surface area contributed by atoms with Crippen molar-refractivity contribution >= 4 is 75.7 Å². The van der Waals surface area contributed by atoms with Gasteiger partial charge in [0.2, 0.25) is 0 Å². The molecule has 0 aliphatic heterocycles. The van der Waals surface area contributed by atoms with Crippen molar-refractivity contribution in [3.63, 3.8) is 0 Å². The van der Waals surface area contributed by atoms with Crippen LogP contribution in [0.3, 0.4) is 0 Å². The van der Waals surface area contributed by atoms with E-state index in [1.165, 1.54) is 92.5 Å². The molecule has 1 nitrogen and oxygen atoms in total. The molecule has 0 saturated heterocycles. The summed E-state index contributed by atoms with van der Waals surface area (Å²) in [5, 5.41) is 15.4. The summed E-state index contributed by atoms with van der Waals surface area (Å²) < 4.78 is 2.51. The van der Waals surface area contributed by atoms with Gasteiger partial charge in [-0.2, -0.15) is 0 Å². The average molecular weight is 570 g/mol. The van der Waals surface area contributed by atoms with E-state index in [-0.39, 0.29) is 0 Å². The summed E-state index contributed by atoms with van der Waals surface area (Å²) in [6.07, 6.45) is 0. The van der Waals surface area contributed by atoms with Crippen molar-refractivity contribution in [3.8, 4) is 16.8 Å². The quantitative estimate of drug-likeness (QED) is 0.183. The van der Waals surface area contributed by atoms with Gasteiger partial charge in [0.05, 0.1) is 11.0 Å². The standard InChI is InChI=1S/C44H27N/c1-2-12-28(13-3-1)39-27-40-34-17-7-9-19-36(34)44-43(42(40)35-18-8-6-16-33(35)39)37-20-10-11-21-41(37)45(44)31-25-24-30-23-22-29-14-4-5-15-32(29)38(30)26-31/h1-27H. The Morgan fingerprint density at radius 2 is 0.933 bits per heavy atom. The topological polar surface area (TPSA) is 4.93 Å². The van der Waals surface area contributed by atoms with E-state index in [2.05, 4.69) is 168 Å². The molecular weight excluding hydrogens is 542 g/mol. The van der Waals surface area contributed by atoms with Crippen molar-refractivity contribution in [2.45, 2.75) is 0 Å². The van der Waals surface area contributed by atoms with E-state index in [0.29, 0.717) is 0 Å². The highest BCUT2D eigenvalue weighted by Gasteiger charge is 2.21. The lowest BCUT2D eigenvalue weighted by Crippen LogP contribution is -1.95. The van der Waals surface area contributed by atoms with E-state index < -0.39 is 0 Å². The van der Waals surface area contributed by atoms with Crippen molar-refractivity contribution in [3.05, 3.63) is 164 Å². The van der Waals surface area contributed by atoms with Gasteiger partial charge in [0.15, 0.2) is 0 Å². The van der Waals surface area contributed by atoms with Crippen LogP contribution in [0.4, 0.5) is 0 Å². The van der Waals surface area contributed by atoms with Crippen molar-refractivity contribution in [2.75, 3.05) is 0 Å². The highest BCUT2D eigenvalue weighted by atomic mass is 15.0. The zero-order valence-corrected chi connectivity index (χ0v) is 24.5. The molecule has 0 bridgehead atoms. The molecule has 1 heteroatoms. The predicted octanol–water partition coefficient (Wildman–Crippen LogP) is 12.2. The number of aromatic nitrogens is 1. The lowest BCUT2D eigenvalue weighted by molar-refractivity contribution is 1.19. The molecule has 0 saturated carbocycles. The highest BCUT2D eigenvalue weighted by Crippen LogP contribution is 2.47. The summed E-state index contributed by atoms with van der Waals surface area (Å²) in [6.45, 7) is 0. The fraction of sp³-hybridized carbons (Fsp3) is 0. The van der Waals surface area contributed by atoms with Gasteiger partial charge in [-0.3, -0.25) is 0 Å². The number of rotatable bonds is 2. The van der Waals surface area contributed by atoms with Crippen LogP contribution in [0.1, 0.15) is 0 Å². The summed E-state index contributed by atoms with van der Waals surface area (Å²) in [5.74, 6) is 0. The van der Waals surface area contributed by atoms with Gasteiger partial charge >= 0.3 is 0 Å². The maximum Gasteiger partial charge on any atom is 0.0626 e. The molecule has 10 aromatic rings. The molecule has 0 aliphatic carbocycles. The number of hydrogen-bond acceptors (Lipinski definition) is 0. The predicted molar refractivity (Wildman–Crippen MR) is 194 cm³/mol. The van der Waals surface area contributed by atoms with E-state index >= 15 is 0 Å². The summed E-state index contributed by atoms with van der Waals surface area (Å²) >= 11 is 0. The van der Waals surface area contributed by atoms with E-state index in [4.69, 9.17) is 0 Å². The molecule has 0 fully saturated rings. The first kappa shape index (κ1) is 24.5. The second-order valence-electron chi connectivity index (χ2n) is 12.1. The van der Waals surface area contributed by atoms with Gasteiger partial charge in [-0.25, -0.2) is 0 Å². The first-order chi connectivity index (χ1) is 22.3. The Morgan fingerprint density at radius 1 is 0.333 bits per heavy atom. The smallest absolute Gasteiger partial charge is 0.0626 e. The third-order valence-electron chi connectivity index (χ3n) is 9.71. The number of fused-ring (bicyclic) bond motifs is 13. The largest absolute Gasteiger partial charge is 0.309 e. The highest BCUT2D eigenvalue weighted by molar-refractivity contribution is 6.38. The average Bonchev–Trinajstić information content (AvgIpc) is 3.46. The van der Waals surface area contributed by atoms with Crippen molar-refractivity contribution < 1.29 is 0 Å². The van der Waals surface area contributed by atoms with E-state index in [1.807, 2.05) is 0 Å². The number of hydrogen-bond donors (Lipinski definition) is 0. The van der Waals surface area contributed by atoms with Crippen molar-refractivity contribution in [1.29, 1.82) is 0 Å². The van der Waals surface area contributed by atoms with E-state index in [0.717, 1.165) is 0 Å². The molecule has 1 heterocycles. The molecule has 0 N–H and O–H groups in total. The number of benzene rings is 9. The van der Waals surface area contributed by atoms with Crippen LogP contribution in [-0.4, -0.2) is 4.57 Å². The van der Waals surface area contributed by atoms with Gasteiger partial charge in [-0.05, 0) is 78.5 Å². The van der Waals surface area contributed by atoms with Crippen LogP contribution >= 0.6 is 0 Å². The molecule has 0 radical (unpaired) electrons. The van der Waals surface area contributed by atoms with Crippen LogP contribution in [0.25, 0.3) is 92.5 Å².